The van der Waals surface area contributed by atoms with Crippen molar-refractivity contribution in [1.29, 1.82) is 0 Å². The number of hydrogen-bond acceptors (Lipinski definition) is 4. The Morgan fingerprint density at radius 1 is 1.46 bits per heavy atom. The van der Waals surface area contributed by atoms with Crippen molar-refractivity contribution in [3.63, 3.8) is 0 Å². The molecule has 2 N–H and O–H groups in total. The summed E-state index contributed by atoms with van der Waals surface area (Å²) < 4.78 is 6.08. The second kappa shape index (κ2) is 4.02. The number of ether oxygens (including phenoxy) is 1. The van der Waals surface area contributed by atoms with Crippen molar-refractivity contribution < 1.29 is 4.74 Å². The van der Waals surface area contributed by atoms with Crippen molar-refractivity contribution in [2.45, 2.75) is 19.4 Å². The highest BCUT2D eigenvalue weighted by Crippen LogP contribution is 2.09. The van der Waals surface area contributed by atoms with Crippen LogP contribution in [-0.4, -0.2) is 22.1 Å². The van der Waals surface area contributed by atoms with E-state index < -0.39 is 0 Å². The van der Waals surface area contributed by atoms with Crippen molar-refractivity contribution in [1.82, 2.24) is 9.97 Å². The molecule has 0 amide bonds. The Balaban J connectivity index is 2.51. The first-order valence-corrected chi connectivity index (χ1v) is 4.66. The average molecular weight is 246 g/mol. The highest BCUT2D eigenvalue weighted by atomic mass is 79.9. The van der Waals surface area contributed by atoms with E-state index in [4.69, 9.17) is 10.5 Å². The Morgan fingerprint density at radius 2 is 2.00 bits per heavy atom. The molecule has 0 fully saturated rings. The van der Waals surface area contributed by atoms with E-state index in [1.807, 2.05) is 13.8 Å². The van der Waals surface area contributed by atoms with Crippen molar-refractivity contribution >= 4 is 15.9 Å². The van der Waals surface area contributed by atoms with Gasteiger partial charge in [0.05, 0.1) is 4.47 Å². The zero-order valence-electron chi connectivity index (χ0n) is 7.62. The summed E-state index contributed by atoms with van der Waals surface area (Å²) in [5, 5.41) is 0. The third kappa shape index (κ3) is 4.19. The van der Waals surface area contributed by atoms with Gasteiger partial charge in [-0.05, 0) is 29.8 Å². The molecule has 5 heteroatoms. The second-order valence-electron chi connectivity index (χ2n) is 3.46. The highest BCUT2D eigenvalue weighted by molar-refractivity contribution is 9.10. The minimum Gasteiger partial charge on any atom is -0.462 e. The third-order valence-electron chi connectivity index (χ3n) is 1.17. The Hall–Kier alpha value is -0.680. The average Bonchev–Trinajstić information content (AvgIpc) is 2.02. The fraction of sp³-hybridized carbons (Fsp3) is 0.500. The Morgan fingerprint density at radius 3 is 2.46 bits per heavy atom. The molecule has 0 atom stereocenters. The SMILES string of the molecule is CC(C)(N)COc1ncc(Br)cn1. The predicted molar refractivity (Wildman–Crippen MR) is 53.5 cm³/mol. The molecular weight excluding hydrogens is 234 g/mol. The molecule has 0 spiro atoms. The predicted octanol–water partition coefficient (Wildman–Crippen LogP) is 1.36. The topological polar surface area (TPSA) is 61.0 Å². The molecule has 0 bridgehead atoms. The lowest BCUT2D eigenvalue weighted by molar-refractivity contribution is 0.226. The molecule has 0 saturated carbocycles. The van der Waals surface area contributed by atoms with Crippen LogP contribution in [0.25, 0.3) is 0 Å². The molecule has 0 aliphatic carbocycles. The summed E-state index contributed by atoms with van der Waals surface area (Å²) in [5.74, 6) is 0. The van der Waals surface area contributed by atoms with Gasteiger partial charge in [0.25, 0.3) is 0 Å². The number of nitrogens with two attached hydrogens (primary N) is 1. The van der Waals surface area contributed by atoms with Crippen molar-refractivity contribution in [2.24, 2.45) is 5.73 Å². The Bertz CT molecular complexity index is 268. The first kappa shape index (κ1) is 10.4. The first-order chi connectivity index (χ1) is 5.97. The van der Waals surface area contributed by atoms with Gasteiger partial charge < -0.3 is 10.5 Å². The molecule has 4 nitrogen and oxygen atoms in total. The van der Waals surface area contributed by atoms with E-state index in [2.05, 4.69) is 25.9 Å². The molecule has 0 saturated heterocycles. The maximum atomic E-state index is 5.72. The molecule has 0 aromatic carbocycles. The van der Waals surface area contributed by atoms with Crippen LogP contribution in [0.2, 0.25) is 0 Å². The molecular formula is C8H12BrN3O. The van der Waals surface area contributed by atoms with Gasteiger partial charge >= 0.3 is 6.01 Å². The molecule has 1 rings (SSSR count). The standard InChI is InChI=1S/C8H12BrN3O/c1-8(2,10)5-13-7-11-3-6(9)4-12-7/h3-4H,5,10H2,1-2H3. The Labute approximate surface area is 85.7 Å². The molecule has 1 aromatic rings. The van der Waals surface area contributed by atoms with E-state index in [1.54, 1.807) is 12.4 Å². The largest absolute Gasteiger partial charge is 0.462 e. The van der Waals surface area contributed by atoms with Crippen LogP contribution in [0.5, 0.6) is 6.01 Å². The summed E-state index contributed by atoms with van der Waals surface area (Å²) in [6.45, 7) is 4.16. The normalized spacial score (nSPS) is 11.4. The molecule has 1 heterocycles. The molecule has 72 valence electrons. The van der Waals surface area contributed by atoms with Crippen LogP contribution in [0.1, 0.15) is 13.8 Å². The lowest BCUT2D eigenvalue weighted by Gasteiger charge is -2.17. The van der Waals surface area contributed by atoms with Crippen molar-refractivity contribution in [3.8, 4) is 6.01 Å². The monoisotopic (exact) mass is 245 g/mol. The quantitative estimate of drug-likeness (QED) is 0.874. The summed E-state index contributed by atoms with van der Waals surface area (Å²) >= 11 is 3.23. The van der Waals surface area contributed by atoms with E-state index in [1.165, 1.54) is 0 Å². The smallest absolute Gasteiger partial charge is 0.316 e. The molecule has 1 aromatic heterocycles. The molecule has 13 heavy (non-hydrogen) atoms. The minimum absolute atomic E-state index is 0.349. The van der Waals surface area contributed by atoms with E-state index in [0.29, 0.717) is 12.6 Å². The van der Waals surface area contributed by atoms with Crippen LogP contribution in [0.3, 0.4) is 0 Å². The lowest BCUT2D eigenvalue weighted by atomic mass is 10.1. The fourth-order valence-corrected chi connectivity index (χ4v) is 0.830. The van der Waals surface area contributed by atoms with Gasteiger partial charge in [-0.15, -0.1) is 0 Å². The zero-order valence-corrected chi connectivity index (χ0v) is 9.21. The summed E-state index contributed by atoms with van der Waals surface area (Å²) in [6, 6.07) is 0.349. The van der Waals surface area contributed by atoms with Gasteiger partial charge in [-0.3, -0.25) is 0 Å². The summed E-state index contributed by atoms with van der Waals surface area (Å²) in [5.41, 5.74) is 5.36. The van der Waals surface area contributed by atoms with Crippen LogP contribution >= 0.6 is 15.9 Å². The van der Waals surface area contributed by atoms with Crippen LogP contribution in [0.4, 0.5) is 0 Å². The van der Waals surface area contributed by atoms with E-state index in [9.17, 15) is 0 Å². The van der Waals surface area contributed by atoms with Gasteiger partial charge in [-0.25, -0.2) is 9.97 Å². The van der Waals surface area contributed by atoms with E-state index in [0.717, 1.165) is 4.47 Å². The summed E-state index contributed by atoms with van der Waals surface area (Å²) in [7, 11) is 0. The summed E-state index contributed by atoms with van der Waals surface area (Å²) in [6.07, 6.45) is 3.26. The number of aromatic nitrogens is 2. The lowest BCUT2D eigenvalue weighted by Crippen LogP contribution is -2.38. The maximum absolute atomic E-state index is 5.72. The molecule has 0 aliphatic rings. The van der Waals surface area contributed by atoms with Crippen LogP contribution < -0.4 is 10.5 Å². The third-order valence-corrected chi connectivity index (χ3v) is 1.58. The van der Waals surface area contributed by atoms with Gasteiger partial charge in [-0.2, -0.15) is 0 Å². The number of rotatable bonds is 3. The van der Waals surface area contributed by atoms with Gasteiger partial charge in [0.15, 0.2) is 0 Å². The highest BCUT2D eigenvalue weighted by Gasteiger charge is 2.12. The number of hydrogen-bond donors (Lipinski definition) is 1. The van der Waals surface area contributed by atoms with Gasteiger partial charge in [0.2, 0.25) is 0 Å². The first-order valence-electron chi connectivity index (χ1n) is 3.86. The number of halogens is 1. The summed E-state index contributed by atoms with van der Waals surface area (Å²) in [4.78, 5) is 7.89. The van der Waals surface area contributed by atoms with Gasteiger partial charge in [0.1, 0.15) is 6.61 Å². The number of nitrogens with zero attached hydrogens (tertiary/aromatic N) is 2. The zero-order chi connectivity index (χ0) is 9.90. The molecule has 0 unspecified atom stereocenters. The van der Waals surface area contributed by atoms with E-state index in [-0.39, 0.29) is 5.54 Å². The molecule has 0 aliphatic heterocycles. The van der Waals surface area contributed by atoms with E-state index >= 15 is 0 Å². The van der Waals surface area contributed by atoms with Crippen molar-refractivity contribution in [2.75, 3.05) is 6.61 Å². The second-order valence-corrected chi connectivity index (χ2v) is 4.38. The van der Waals surface area contributed by atoms with Crippen LogP contribution in [0.15, 0.2) is 16.9 Å². The van der Waals surface area contributed by atoms with Gasteiger partial charge in [-0.1, -0.05) is 0 Å². The maximum Gasteiger partial charge on any atom is 0.316 e. The van der Waals surface area contributed by atoms with Gasteiger partial charge in [0, 0.05) is 17.9 Å². The van der Waals surface area contributed by atoms with Crippen LogP contribution in [-0.2, 0) is 0 Å². The molecule has 0 radical (unpaired) electrons. The Kier molecular flexibility index (Phi) is 3.22. The fourth-order valence-electron chi connectivity index (χ4n) is 0.626. The van der Waals surface area contributed by atoms with Crippen molar-refractivity contribution in [3.05, 3.63) is 16.9 Å². The minimum atomic E-state index is -0.365. The van der Waals surface area contributed by atoms with Crippen LogP contribution in [0, 0.1) is 0 Å².